The molecule has 24 heavy (non-hydrogen) atoms. The molecule has 0 bridgehead atoms. The van der Waals surface area contributed by atoms with Crippen LogP contribution in [0.15, 0.2) is 48.8 Å². The van der Waals surface area contributed by atoms with Gasteiger partial charge in [0.1, 0.15) is 0 Å². The van der Waals surface area contributed by atoms with Crippen LogP contribution in [-0.4, -0.2) is 32.7 Å². The second kappa shape index (κ2) is 7.61. The Morgan fingerprint density at radius 3 is 2.71 bits per heavy atom. The van der Waals surface area contributed by atoms with Crippen molar-refractivity contribution in [1.82, 2.24) is 9.71 Å². The van der Waals surface area contributed by atoms with E-state index in [0.29, 0.717) is 23.8 Å². The van der Waals surface area contributed by atoms with Crippen LogP contribution in [0, 0.1) is 5.92 Å². The zero-order chi connectivity index (χ0) is 17.0. The first-order valence-corrected chi connectivity index (χ1v) is 9.76. The Kier molecular flexibility index (Phi) is 5.50. The fraction of sp³-hybridized carbons (Fsp3) is 0.353. The van der Waals surface area contributed by atoms with Crippen molar-refractivity contribution in [2.75, 3.05) is 13.2 Å². The van der Waals surface area contributed by atoms with E-state index in [0.717, 1.165) is 12.0 Å². The van der Waals surface area contributed by atoms with Gasteiger partial charge in [-0.3, -0.25) is 4.98 Å². The maximum atomic E-state index is 12.4. The lowest BCUT2D eigenvalue weighted by molar-refractivity contribution is 0.183. The molecule has 2 aromatic rings. The molecule has 0 saturated carbocycles. The van der Waals surface area contributed by atoms with E-state index in [9.17, 15) is 8.42 Å². The molecule has 2 atom stereocenters. The number of sulfonamides is 1. The number of pyridine rings is 1. The number of rotatable bonds is 6. The number of halogens is 1. The summed E-state index contributed by atoms with van der Waals surface area (Å²) < 4.78 is 33.2. The molecule has 2 heterocycles. The monoisotopic (exact) mass is 366 g/mol. The second-order valence-electron chi connectivity index (χ2n) is 5.97. The molecule has 1 saturated heterocycles. The normalized spacial score (nSPS) is 21.0. The molecule has 1 aromatic heterocycles. The van der Waals surface area contributed by atoms with E-state index in [1.165, 1.54) is 0 Å². The minimum absolute atomic E-state index is 0.0912. The molecule has 1 aliphatic rings. The maximum absolute atomic E-state index is 12.4. The first-order chi connectivity index (χ1) is 11.5. The van der Waals surface area contributed by atoms with Gasteiger partial charge in [-0.2, -0.15) is 0 Å². The first-order valence-electron chi connectivity index (χ1n) is 7.73. The van der Waals surface area contributed by atoms with Crippen LogP contribution in [0.3, 0.4) is 0 Å². The van der Waals surface area contributed by atoms with Gasteiger partial charge in [0.2, 0.25) is 10.0 Å². The molecule has 5 nitrogen and oxygen atoms in total. The molecule has 3 rings (SSSR count). The summed E-state index contributed by atoms with van der Waals surface area (Å²) in [5.74, 6) is 0.0213. The molecule has 1 N–H and O–H groups in total. The molecule has 128 valence electrons. The minimum Gasteiger partial charge on any atom is -0.379 e. The Balaban J connectivity index is 1.65. The topological polar surface area (TPSA) is 68.3 Å². The molecule has 0 radical (unpaired) electrons. The Morgan fingerprint density at radius 1 is 1.17 bits per heavy atom. The second-order valence-corrected chi connectivity index (χ2v) is 8.16. The quantitative estimate of drug-likeness (QED) is 0.852. The molecule has 0 amide bonds. The molecule has 0 aliphatic carbocycles. The summed E-state index contributed by atoms with van der Waals surface area (Å²) in [6.07, 6.45) is 4.24. The highest BCUT2D eigenvalue weighted by atomic mass is 35.5. The van der Waals surface area contributed by atoms with Crippen LogP contribution in [-0.2, 0) is 26.9 Å². The smallest absolute Gasteiger partial charge is 0.216 e. The molecule has 0 unspecified atom stereocenters. The standard InChI is InChI=1S/C17H19ClN2O3S/c18-16-3-1-2-14(9-16)12-24(21,22)20-17-11-23-10-15(17)8-13-4-6-19-7-5-13/h1-7,9,15,17,20H,8,10-12H2/t15-,17+/m1/s1. The Morgan fingerprint density at radius 2 is 1.96 bits per heavy atom. The van der Waals surface area contributed by atoms with E-state index in [-0.39, 0.29) is 17.7 Å². The molecule has 7 heteroatoms. The van der Waals surface area contributed by atoms with Crippen LogP contribution in [0.4, 0.5) is 0 Å². The highest BCUT2D eigenvalue weighted by Crippen LogP contribution is 2.20. The van der Waals surface area contributed by atoms with Crippen molar-refractivity contribution in [2.24, 2.45) is 5.92 Å². The third-order valence-corrected chi connectivity index (χ3v) is 5.63. The number of hydrogen-bond acceptors (Lipinski definition) is 4. The number of ether oxygens (including phenoxy) is 1. The summed E-state index contributed by atoms with van der Waals surface area (Å²) in [5.41, 5.74) is 1.79. The van der Waals surface area contributed by atoms with Gasteiger partial charge in [-0.05, 0) is 41.8 Å². The van der Waals surface area contributed by atoms with Crippen molar-refractivity contribution in [1.29, 1.82) is 0 Å². The molecule has 0 spiro atoms. The van der Waals surface area contributed by atoms with E-state index in [2.05, 4.69) is 9.71 Å². The van der Waals surface area contributed by atoms with Crippen molar-refractivity contribution in [3.05, 3.63) is 64.9 Å². The van der Waals surface area contributed by atoms with Crippen molar-refractivity contribution in [2.45, 2.75) is 18.2 Å². The Hall–Kier alpha value is -1.47. The molecule has 1 aliphatic heterocycles. The summed E-state index contributed by atoms with van der Waals surface area (Å²) in [6, 6.07) is 10.6. The van der Waals surface area contributed by atoms with E-state index in [4.69, 9.17) is 16.3 Å². The third kappa shape index (κ3) is 4.77. The summed E-state index contributed by atoms with van der Waals surface area (Å²) in [6.45, 7) is 0.942. The highest BCUT2D eigenvalue weighted by Gasteiger charge is 2.31. The van der Waals surface area contributed by atoms with Gasteiger partial charge in [-0.1, -0.05) is 23.7 Å². The predicted molar refractivity (Wildman–Crippen MR) is 93.2 cm³/mol. The molecule has 1 fully saturated rings. The fourth-order valence-electron chi connectivity index (χ4n) is 2.87. The van der Waals surface area contributed by atoms with Crippen LogP contribution < -0.4 is 4.72 Å². The number of hydrogen-bond donors (Lipinski definition) is 1. The Labute approximate surface area is 147 Å². The SMILES string of the molecule is O=S(=O)(Cc1cccc(Cl)c1)N[C@H]1COC[C@H]1Cc1ccncc1. The number of nitrogens with one attached hydrogen (secondary N) is 1. The van der Waals surface area contributed by atoms with Gasteiger partial charge in [-0.25, -0.2) is 13.1 Å². The van der Waals surface area contributed by atoms with Gasteiger partial charge >= 0.3 is 0 Å². The largest absolute Gasteiger partial charge is 0.379 e. The summed E-state index contributed by atoms with van der Waals surface area (Å²) in [4.78, 5) is 4.00. The predicted octanol–water partition coefficient (Wildman–Crippen LogP) is 2.41. The number of aromatic nitrogens is 1. The van der Waals surface area contributed by atoms with E-state index < -0.39 is 10.0 Å². The average Bonchev–Trinajstić information content (AvgIpc) is 2.94. The van der Waals surface area contributed by atoms with Gasteiger partial charge in [0.05, 0.1) is 25.0 Å². The first kappa shape index (κ1) is 17.4. The summed E-state index contributed by atoms with van der Waals surface area (Å²) in [7, 11) is -3.46. The summed E-state index contributed by atoms with van der Waals surface area (Å²) in [5, 5.41) is 0.530. The van der Waals surface area contributed by atoms with Gasteiger partial charge in [0, 0.05) is 23.3 Å². The van der Waals surface area contributed by atoms with Gasteiger partial charge < -0.3 is 4.74 Å². The minimum atomic E-state index is -3.46. The summed E-state index contributed by atoms with van der Waals surface area (Å²) >= 11 is 5.92. The lowest BCUT2D eigenvalue weighted by Crippen LogP contribution is -2.41. The molecular formula is C17H19ClN2O3S. The van der Waals surface area contributed by atoms with Crippen molar-refractivity contribution < 1.29 is 13.2 Å². The van der Waals surface area contributed by atoms with Crippen LogP contribution >= 0.6 is 11.6 Å². The highest BCUT2D eigenvalue weighted by molar-refractivity contribution is 7.88. The lowest BCUT2D eigenvalue weighted by Gasteiger charge is -2.19. The zero-order valence-corrected chi connectivity index (χ0v) is 14.6. The number of benzene rings is 1. The van der Waals surface area contributed by atoms with Crippen LogP contribution in [0.2, 0.25) is 5.02 Å². The zero-order valence-electron chi connectivity index (χ0n) is 13.1. The van der Waals surface area contributed by atoms with Crippen molar-refractivity contribution in [3.63, 3.8) is 0 Å². The fourth-order valence-corrected chi connectivity index (χ4v) is 4.51. The van der Waals surface area contributed by atoms with Crippen molar-refractivity contribution in [3.8, 4) is 0 Å². The molecule has 1 aromatic carbocycles. The van der Waals surface area contributed by atoms with Crippen LogP contribution in [0.5, 0.6) is 0 Å². The van der Waals surface area contributed by atoms with Crippen LogP contribution in [0.25, 0.3) is 0 Å². The van der Waals surface area contributed by atoms with Crippen molar-refractivity contribution >= 4 is 21.6 Å². The number of nitrogens with zero attached hydrogens (tertiary/aromatic N) is 1. The third-order valence-electron chi connectivity index (χ3n) is 4.02. The maximum Gasteiger partial charge on any atom is 0.216 e. The Bertz CT molecular complexity index is 783. The average molecular weight is 367 g/mol. The van der Waals surface area contributed by atoms with Crippen LogP contribution in [0.1, 0.15) is 11.1 Å². The lowest BCUT2D eigenvalue weighted by atomic mass is 9.96. The van der Waals surface area contributed by atoms with E-state index in [1.54, 1.807) is 36.7 Å². The van der Waals surface area contributed by atoms with Gasteiger partial charge in [0.25, 0.3) is 0 Å². The van der Waals surface area contributed by atoms with E-state index in [1.807, 2.05) is 12.1 Å². The molecular weight excluding hydrogens is 348 g/mol. The van der Waals surface area contributed by atoms with Gasteiger partial charge in [-0.15, -0.1) is 0 Å². The van der Waals surface area contributed by atoms with E-state index >= 15 is 0 Å². The van der Waals surface area contributed by atoms with Gasteiger partial charge in [0.15, 0.2) is 0 Å².